The van der Waals surface area contributed by atoms with Crippen LogP contribution < -0.4 is 10.1 Å². The van der Waals surface area contributed by atoms with Crippen molar-refractivity contribution in [3.8, 4) is 11.6 Å². The first-order valence-corrected chi connectivity index (χ1v) is 12.8. The summed E-state index contributed by atoms with van der Waals surface area (Å²) in [6, 6.07) is 12.1. The Morgan fingerprint density at radius 3 is 2.83 bits per heavy atom. The number of para-hydroxylation sites is 1. The van der Waals surface area contributed by atoms with Gasteiger partial charge in [-0.2, -0.15) is 0 Å². The third-order valence-electron chi connectivity index (χ3n) is 5.11. The van der Waals surface area contributed by atoms with E-state index in [0.717, 1.165) is 50.2 Å². The minimum Gasteiger partial charge on any atom is -0.437 e. The predicted octanol–water partition coefficient (Wildman–Crippen LogP) is 6.00. The molecule has 0 bridgehead atoms. The van der Waals surface area contributed by atoms with E-state index in [4.69, 9.17) is 9.72 Å². The van der Waals surface area contributed by atoms with Crippen LogP contribution in [0.4, 0.5) is 10.8 Å². The van der Waals surface area contributed by atoms with Gasteiger partial charge in [-0.3, -0.25) is 4.90 Å². The van der Waals surface area contributed by atoms with Crippen LogP contribution in [0.3, 0.4) is 0 Å². The lowest BCUT2D eigenvalue weighted by atomic mass is 9.86. The van der Waals surface area contributed by atoms with Crippen molar-refractivity contribution in [3.63, 3.8) is 0 Å². The van der Waals surface area contributed by atoms with Gasteiger partial charge in [0.05, 0.1) is 5.69 Å². The number of anilines is 2. The van der Waals surface area contributed by atoms with E-state index in [1.54, 1.807) is 17.5 Å². The molecule has 1 unspecified atom stereocenters. The lowest BCUT2D eigenvalue weighted by molar-refractivity contribution is 0.300. The van der Waals surface area contributed by atoms with E-state index in [0.29, 0.717) is 5.88 Å². The molecule has 3 heterocycles. The Morgan fingerprint density at radius 1 is 1.20 bits per heavy atom. The van der Waals surface area contributed by atoms with E-state index < -0.39 is 0 Å². The zero-order valence-corrected chi connectivity index (χ0v) is 19.8. The molecule has 0 spiro atoms. The van der Waals surface area contributed by atoms with Crippen molar-refractivity contribution >= 4 is 30.7 Å². The van der Waals surface area contributed by atoms with Crippen LogP contribution in [0.15, 0.2) is 42.6 Å². The molecule has 0 fully saturated rings. The van der Waals surface area contributed by atoms with Crippen LogP contribution in [0, 0.1) is 0 Å². The fraction of sp³-hybridized carbons (Fsp3) is 0.391. The molecule has 5 nitrogen and oxygen atoms in total. The lowest BCUT2D eigenvalue weighted by Gasteiger charge is -2.24. The number of hydrogen-bond acceptors (Lipinski definition) is 6. The second-order valence-electron chi connectivity index (χ2n) is 8.53. The normalized spacial score (nSPS) is 14.8. The van der Waals surface area contributed by atoms with E-state index in [1.165, 1.54) is 16.9 Å². The summed E-state index contributed by atoms with van der Waals surface area (Å²) in [6.45, 7) is 10.9. The zero-order valence-electron chi connectivity index (χ0n) is 18.0. The van der Waals surface area contributed by atoms with E-state index in [9.17, 15) is 0 Å². The van der Waals surface area contributed by atoms with Crippen LogP contribution in [0.25, 0.3) is 0 Å². The summed E-state index contributed by atoms with van der Waals surface area (Å²) in [7, 11) is 0.959. The number of fused-ring (bicyclic) bond motifs is 1. The highest BCUT2D eigenvalue weighted by atomic mass is 32.1. The number of pyridine rings is 1. The van der Waals surface area contributed by atoms with Crippen molar-refractivity contribution in [1.29, 1.82) is 0 Å². The van der Waals surface area contributed by atoms with E-state index in [1.807, 2.05) is 30.3 Å². The van der Waals surface area contributed by atoms with Crippen LogP contribution in [-0.4, -0.2) is 34.4 Å². The number of rotatable bonds is 6. The minimum atomic E-state index is -0.0156. The number of thiazole rings is 1. The predicted molar refractivity (Wildman–Crippen MR) is 128 cm³/mol. The fourth-order valence-electron chi connectivity index (χ4n) is 3.62. The molecule has 0 saturated heterocycles. The largest absolute Gasteiger partial charge is 0.437 e. The third-order valence-corrected chi connectivity index (χ3v) is 6.87. The summed E-state index contributed by atoms with van der Waals surface area (Å²) in [6.07, 6.45) is 3.96. The highest BCUT2D eigenvalue weighted by Gasteiger charge is 2.22. The Hall–Kier alpha value is -2.01. The van der Waals surface area contributed by atoms with Crippen molar-refractivity contribution in [2.24, 2.45) is 0 Å². The molecule has 1 aliphatic heterocycles. The third kappa shape index (κ3) is 4.83. The van der Waals surface area contributed by atoms with Gasteiger partial charge in [-0.05, 0) is 30.3 Å². The molecule has 1 atom stereocenters. The molecule has 1 N–H and O–H groups in total. The van der Waals surface area contributed by atoms with Crippen molar-refractivity contribution in [3.05, 3.63) is 58.7 Å². The Kier molecular flexibility index (Phi) is 6.37. The van der Waals surface area contributed by atoms with Gasteiger partial charge in [-0.1, -0.05) is 39.0 Å². The van der Waals surface area contributed by atoms with E-state index >= 15 is 0 Å². The van der Waals surface area contributed by atoms with Crippen molar-refractivity contribution < 1.29 is 4.74 Å². The Labute approximate surface area is 184 Å². The van der Waals surface area contributed by atoms with Gasteiger partial charge in [0.15, 0.2) is 5.13 Å². The molecule has 0 saturated carbocycles. The first kappa shape index (κ1) is 21.2. The molecule has 30 heavy (non-hydrogen) atoms. The number of nitrogens with zero attached hydrogens (tertiary/aromatic N) is 3. The van der Waals surface area contributed by atoms with Gasteiger partial charge in [-0.15, -0.1) is 19.9 Å². The summed E-state index contributed by atoms with van der Waals surface area (Å²) in [4.78, 5) is 13.2. The number of benzene rings is 1. The van der Waals surface area contributed by atoms with Crippen LogP contribution in [0.5, 0.6) is 11.6 Å². The van der Waals surface area contributed by atoms with Crippen LogP contribution >= 0.6 is 19.9 Å². The van der Waals surface area contributed by atoms with Gasteiger partial charge < -0.3 is 10.1 Å². The molecule has 4 rings (SSSR count). The Balaban J connectivity index is 1.56. The number of ether oxygens (including phenoxy) is 1. The Morgan fingerprint density at radius 2 is 2.03 bits per heavy atom. The molecule has 1 aliphatic rings. The second-order valence-corrected chi connectivity index (χ2v) is 10.6. The van der Waals surface area contributed by atoms with Gasteiger partial charge in [0.25, 0.3) is 0 Å². The molecule has 0 amide bonds. The van der Waals surface area contributed by atoms with Crippen molar-refractivity contribution in [2.45, 2.75) is 39.2 Å². The maximum atomic E-state index is 6.29. The van der Waals surface area contributed by atoms with Gasteiger partial charge in [0, 0.05) is 42.4 Å². The van der Waals surface area contributed by atoms with Gasteiger partial charge >= 0.3 is 0 Å². The first-order chi connectivity index (χ1) is 14.4. The zero-order chi connectivity index (χ0) is 21.1. The molecule has 1 aromatic carbocycles. The van der Waals surface area contributed by atoms with Gasteiger partial charge in [-0.25, -0.2) is 9.97 Å². The minimum absolute atomic E-state index is 0.0156. The maximum absolute atomic E-state index is 6.29. The number of aromatic nitrogens is 2. The second kappa shape index (κ2) is 9.01. The topological polar surface area (TPSA) is 50.3 Å². The standard InChI is InChI=1S/C23H29N4OPS/c1-23(2,3)16-8-5-6-10-19(16)28-21-18(9-7-12-24-21)26-22-25-17-11-13-27(15-29-4)14-20(17)30-22/h5-10,12,29H,11,13-15H2,1-4H3,(H,25,26). The molecule has 7 heteroatoms. The summed E-state index contributed by atoms with van der Waals surface area (Å²) >= 11 is 1.74. The quantitative estimate of drug-likeness (QED) is 0.477. The summed E-state index contributed by atoms with van der Waals surface area (Å²) < 4.78 is 6.29. The molecular weight excluding hydrogens is 411 g/mol. The van der Waals surface area contributed by atoms with Crippen molar-refractivity contribution in [2.75, 3.05) is 24.8 Å². The highest BCUT2D eigenvalue weighted by Crippen LogP contribution is 2.37. The molecule has 3 aromatic rings. The SMILES string of the molecule is CPCN1CCc2nc(Nc3cccnc3Oc3ccccc3C(C)(C)C)sc2C1. The summed E-state index contributed by atoms with van der Waals surface area (Å²) in [5, 5.41) is 4.36. The van der Waals surface area contributed by atoms with Crippen LogP contribution in [0.1, 0.15) is 36.9 Å². The molecule has 0 radical (unpaired) electrons. The number of hydrogen-bond donors (Lipinski definition) is 1. The highest BCUT2D eigenvalue weighted by molar-refractivity contribution is 7.36. The Bertz CT molecular complexity index is 1010. The molecule has 2 aromatic heterocycles. The summed E-state index contributed by atoms with van der Waals surface area (Å²) in [5.74, 6) is 1.40. The maximum Gasteiger partial charge on any atom is 0.243 e. The molecule has 158 valence electrons. The fourth-order valence-corrected chi connectivity index (χ4v) is 5.40. The average molecular weight is 441 g/mol. The average Bonchev–Trinajstić information content (AvgIpc) is 3.11. The molecule has 0 aliphatic carbocycles. The van der Waals surface area contributed by atoms with E-state index in [-0.39, 0.29) is 5.41 Å². The van der Waals surface area contributed by atoms with Crippen LogP contribution in [0.2, 0.25) is 0 Å². The lowest BCUT2D eigenvalue weighted by Crippen LogP contribution is -2.28. The van der Waals surface area contributed by atoms with Crippen LogP contribution in [-0.2, 0) is 18.4 Å². The van der Waals surface area contributed by atoms with E-state index in [2.05, 4.69) is 48.7 Å². The van der Waals surface area contributed by atoms with Gasteiger partial charge in [0.1, 0.15) is 11.4 Å². The smallest absolute Gasteiger partial charge is 0.243 e. The summed E-state index contributed by atoms with van der Waals surface area (Å²) in [5.41, 5.74) is 3.20. The van der Waals surface area contributed by atoms with Crippen molar-refractivity contribution in [1.82, 2.24) is 14.9 Å². The van der Waals surface area contributed by atoms with Gasteiger partial charge in [0.2, 0.25) is 5.88 Å². The first-order valence-electron chi connectivity index (χ1n) is 10.3. The molecular formula is C23H29N4OPS. The number of nitrogens with one attached hydrogen (secondary N) is 1. The monoisotopic (exact) mass is 440 g/mol.